The van der Waals surface area contributed by atoms with Crippen LogP contribution < -0.4 is 16.0 Å². The van der Waals surface area contributed by atoms with Crippen LogP contribution >= 0.6 is 11.6 Å². The molecule has 0 radical (unpaired) electrons. The Labute approximate surface area is 212 Å². The Hall–Kier alpha value is -3.15. The highest BCUT2D eigenvalue weighted by atomic mass is 35.5. The van der Waals surface area contributed by atoms with Crippen LogP contribution in [0.1, 0.15) is 53.1 Å². The highest BCUT2D eigenvalue weighted by Crippen LogP contribution is 2.40. The molecule has 1 aliphatic rings. The van der Waals surface area contributed by atoms with Crippen LogP contribution in [-0.4, -0.2) is 30.4 Å². The van der Waals surface area contributed by atoms with Crippen LogP contribution in [0.4, 0.5) is 0 Å². The third kappa shape index (κ3) is 7.67. The van der Waals surface area contributed by atoms with Gasteiger partial charge < -0.3 is 16.0 Å². The van der Waals surface area contributed by atoms with E-state index in [0.717, 1.165) is 24.9 Å². The summed E-state index contributed by atoms with van der Waals surface area (Å²) < 4.78 is 0. The average Bonchev–Trinajstić information content (AvgIpc) is 3.67. The molecule has 1 aliphatic carbocycles. The lowest BCUT2D eigenvalue weighted by atomic mass is 10.1. The average molecular weight is 490 g/mol. The van der Waals surface area contributed by atoms with Crippen LogP contribution in [0.3, 0.4) is 0 Å². The minimum Gasteiger partial charge on any atom is -0.350 e. The number of carbonyl (C=O) groups is 2. The first-order valence-electron chi connectivity index (χ1n) is 12.3. The molecule has 4 rings (SSSR count). The van der Waals surface area contributed by atoms with Gasteiger partial charge in [-0.1, -0.05) is 72.3 Å². The standard InChI is InChI=1S/C29H32ClN3O2/c30-24-16-14-23(15-17-24)28(34)33-26(29(35)32-20-21-9-3-1-4-10-21)13-7-8-18-31-27-19-25(27)22-11-5-2-6-12-22/h1-6,9-12,14-17,25-27,31H,7-8,13,18-20H2,(H,32,35)(H,33,34)/t25?,26-,27?/m0/s1. The third-order valence-corrected chi connectivity index (χ3v) is 6.63. The zero-order valence-electron chi connectivity index (χ0n) is 19.8. The van der Waals surface area contributed by atoms with Crippen molar-refractivity contribution in [2.75, 3.05) is 6.54 Å². The fraction of sp³-hybridized carbons (Fsp3) is 0.310. The molecular weight excluding hydrogens is 458 g/mol. The maximum Gasteiger partial charge on any atom is 0.251 e. The van der Waals surface area contributed by atoms with E-state index in [2.05, 4.69) is 40.2 Å². The predicted molar refractivity (Wildman–Crippen MR) is 140 cm³/mol. The molecule has 3 atom stereocenters. The number of nitrogens with one attached hydrogen (secondary N) is 3. The first kappa shape index (κ1) is 25.0. The molecule has 0 bridgehead atoms. The van der Waals surface area contributed by atoms with E-state index in [0.29, 0.717) is 35.5 Å². The van der Waals surface area contributed by atoms with Gasteiger partial charge in [0.25, 0.3) is 5.91 Å². The molecule has 3 N–H and O–H groups in total. The van der Waals surface area contributed by atoms with E-state index in [-0.39, 0.29) is 11.8 Å². The number of hydrogen-bond donors (Lipinski definition) is 3. The zero-order valence-corrected chi connectivity index (χ0v) is 20.5. The summed E-state index contributed by atoms with van der Waals surface area (Å²) in [5.41, 5.74) is 2.90. The van der Waals surface area contributed by atoms with Gasteiger partial charge in [0.05, 0.1) is 0 Å². The number of carbonyl (C=O) groups excluding carboxylic acids is 2. The second-order valence-electron chi connectivity index (χ2n) is 9.05. The van der Waals surface area contributed by atoms with E-state index in [1.807, 2.05) is 36.4 Å². The maximum absolute atomic E-state index is 13.0. The van der Waals surface area contributed by atoms with Gasteiger partial charge in [0, 0.05) is 29.1 Å². The fourth-order valence-corrected chi connectivity index (χ4v) is 4.40. The zero-order chi connectivity index (χ0) is 24.5. The largest absolute Gasteiger partial charge is 0.350 e. The van der Waals surface area contributed by atoms with Crippen molar-refractivity contribution in [3.05, 3.63) is 107 Å². The molecule has 0 aliphatic heterocycles. The molecule has 2 amide bonds. The number of amides is 2. The summed E-state index contributed by atoms with van der Waals surface area (Å²) in [5, 5.41) is 10.1. The summed E-state index contributed by atoms with van der Waals surface area (Å²) in [4.78, 5) is 25.7. The monoisotopic (exact) mass is 489 g/mol. The Morgan fingerprint density at radius 2 is 1.57 bits per heavy atom. The molecule has 35 heavy (non-hydrogen) atoms. The minimum absolute atomic E-state index is 0.171. The van der Waals surface area contributed by atoms with Crippen LogP contribution in [0.15, 0.2) is 84.9 Å². The molecule has 0 aromatic heterocycles. The summed E-state index contributed by atoms with van der Waals surface area (Å²) in [6.45, 7) is 1.33. The lowest BCUT2D eigenvalue weighted by Gasteiger charge is -2.19. The molecular formula is C29H32ClN3O2. The van der Waals surface area contributed by atoms with Crippen molar-refractivity contribution < 1.29 is 9.59 Å². The molecule has 2 unspecified atom stereocenters. The number of benzene rings is 3. The second-order valence-corrected chi connectivity index (χ2v) is 9.48. The van der Waals surface area contributed by atoms with E-state index in [9.17, 15) is 9.59 Å². The number of hydrogen-bond acceptors (Lipinski definition) is 3. The number of halogens is 1. The van der Waals surface area contributed by atoms with Gasteiger partial charge in [-0.05, 0) is 67.6 Å². The highest BCUT2D eigenvalue weighted by Gasteiger charge is 2.37. The first-order chi connectivity index (χ1) is 17.1. The molecule has 6 heteroatoms. The van der Waals surface area contributed by atoms with Gasteiger partial charge in [0.15, 0.2) is 0 Å². The predicted octanol–water partition coefficient (Wildman–Crippen LogP) is 5.07. The molecule has 1 saturated carbocycles. The molecule has 0 saturated heterocycles. The summed E-state index contributed by atoms with van der Waals surface area (Å²) >= 11 is 5.94. The van der Waals surface area contributed by atoms with Gasteiger partial charge in [-0.15, -0.1) is 0 Å². The quantitative estimate of drug-likeness (QED) is 0.311. The van der Waals surface area contributed by atoms with Crippen LogP contribution in [0.5, 0.6) is 0 Å². The molecule has 3 aromatic rings. The molecule has 3 aromatic carbocycles. The van der Waals surface area contributed by atoms with Gasteiger partial charge in [0.2, 0.25) is 5.91 Å². The van der Waals surface area contributed by atoms with Crippen molar-refractivity contribution in [3.8, 4) is 0 Å². The Morgan fingerprint density at radius 3 is 2.29 bits per heavy atom. The molecule has 5 nitrogen and oxygen atoms in total. The summed E-state index contributed by atoms with van der Waals surface area (Å²) in [6.07, 6.45) is 3.53. The Bertz CT molecular complexity index is 1090. The summed E-state index contributed by atoms with van der Waals surface area (Å²) in [7, 11) is 0. The molecule has 182 valence electrons. The summed E-state index contributed by atoms with van der Waals surface area (Å²) in [6, 6.07) is 27.0. The first-order valence-corrected chi connectivity index (χ1v) is 12.6. The van der Waals surface area contributed by atoms with Gasteiger partial charge in [-0.2, -0.15) is 0 Å². The van der Waals surface area contributed by atoms with Crippen LogP contribution in [0.25, 0.3) is 0 Å². The van der Waals surface area contributed by atoms with E-state index < -0.39 is 6.04 Å². The maximum atomic E-state index is 13.0. The number of unbranched alkanes of at least 4 members (excludes halogenated alkanes) is 1. The molecule has 0 heterocycles. The highest BCUT2D eigenvalue weighted by molar-refractivity contribution is 6.30. The topological polar surface area (TPSA) is 70.2 Å². The normalized spacial score (nSPS) is 17.4. The lowest BCUT2D eigenvalue weighted by molar-refractivity contribution is -0.123. The van der Waals surface area contributed by atoms with Crippen molar-refractivity contribution >= 4 is 23.4 Å². The van der Waals surface area contributed by atoms with Crippen molar-refractivity contribution in [2.24, 2.45) is 0 Å². The van der Waals surface area contributed by atoms with Crippen LogP contribution in [-0.2, 0) is 11.3 Å². The van der Waals surface area contributed by atoms with Crippen LogP contribution in [0.2, 0.25) is 5.02 Å². The second kappa shape index (κ2) is 12.5. The Kier molecular flexibility index (Phi) is 8.93. The van der Waals surface area contributed by atoms with E-state index in [1.165, 1.54) is 12.0 Å². The van der Waals surface area contributed by atoms with Gasteiger partial charge in [-0.3, -0.25) is 9.59 Å². The van der Waals surface area contributed by atoms with Crippen molar-refractivity contribution in [2.45, 2.75) is 50.2 Å². The molecule has 0 spiro atoms. The van der Waals surface area contributed by atoms with Crippen molar-refractivity contribution in [1.29, 1.82) is 0 Å². The Morgan fingerprint density at radius 1 is 0.886 bits per heavy atom. The smallest absolute Gasteiger partial charge is 0.251 e. The molecule has 1 fully saturated rings. The minimum atomic E-state index is -0.597. The van der Waals surface area contributed by atoms with E-state index >= 15 is 0 Å². The third-order valence-electron chi connectivity index (χ3n) is 6.38. The van der Waals surface area contributed by atoms with Crippen molar-refractivity contribution in [3.63, 3.8) is 0 Å². The van der Waals surface area contributed by atoms with Crippen molar-refractivity contribution in [1.82, 2.24) is 16.0 Å². The van der Waals surface area contributed by atoms with E-state index in [1.54, 1.807) is 24.3 Å². The summed E-state index contributed by atoms with van der Waals surface area (Å²) in [5.74, 6) is 0.158. The van der Waals surface area contributed by atoms with Crippen LogP contribution in [0, 0.1) is 0 Å². The SMILES string of the molecule is O=C(N[C@@H](CCCCNC1CC1c1ccccc1)C(=O)NCc1ccccc1)c1ccc(Cl)cc1. The van der Waals surface area contributed by atoms with Gasteiger partial charge >= 0.3 is 0 Å². The van der Waals surface area contributed by atoms with Gasteiger partial charge in [-0.25, -0.2) is 0 Å². The lowest BCUT2D eigenvalue weighted by Crippen LogP contribution is -2.46. The Balaban J connectivity index is 1.25. The van der Waals surface area contributed by atoms with E-state index in [4.69, 9.17) is 11.6 Å². The number of rotatable bonds is 12. The van der Waals surface area contributed by atoms with Gasteiger partial charge in [0.1, 0.15) is 6.04 Å². The fourth-order valence-electron chi connectivity index (χ4n) is 4.27.